The Labute approximate surface area is 184 Å². The summed E-state index contributed by atoms with van der Waals surface area (Å²) in [5.41, 5.74) is 0.681. The standard InChI is InChI=1S/C19H32N6O2.HI/c1-6-14(7-2)17-9-16(27-24-17)11-21-18(20-8-3)22-13-19(4,26)15-10-23-25(5)12-15;/h9-10,12,14,26H,6-8,11,13H2,1-5H3,(H2,20,21,22);1H. The molecule has 8 nitrogen and oxygen atoms in total. The van der Waals surface area contributed by atoms with Gasteiger partial charge in [-0.1, -0.05) is 19.0 Å². The van der Waals surface area contributed by atoms with Crippen LogP contribution in [0, 0.1) is 0 Å². The highest BCUT2D eigenvalue weighted by Gasteiger charge is 2.25. The number of aliphatic hydroxyl groups is 1. The van der Waals surface area contributed by atoms with Crippen LogP contribution in [0.4, 0.5) is 0 Å². The minimum absolute atomic E-state index is 0. The maximum absolute atomic E-state index is 10.7. The average Bonchev–Trinajstić information content (AvgIpc) is 3.28. The van der Waals surface area contributed by atoms with Crippen LogP contribution in [0.2, 0.25) is 0 Å². The van der Waals surface area contributed by atoms with E-state index < -0.39 is 5.60 Å². The van der Waals surface area contributed by atoms with Crippen molar-refractivity contribution in [2.75, 3.05) is 13.1 Å². The normalized spacial score (nSPS) is 13.9. The van der Waals surface area contributed by atoms with Gasteiger partial charge in [-0.15, -0.1) is 24.0 Å². The zero-order valence-electron chi connectivity index (χ0n) is 17.4. The Balaban J connectivity index is 0.00000392. The number of hydrogen-bond donors (Lipinski definition) is 3. The first-order valence-corrected chi connectivity index (χ1v) is 9.58. The summed E-state index contributed by atoms with van der Waals surface area (Å²) in [6.45, 7) is 9.47. The lowest BCUT2D eigenvalue weighted by Crippen LogP contribution is -2.44. The monoisotopic (exact) mass is 504 g/mol. The Hall–Kier alpha value is -1.62. The van der Waals surface area contributed by atoms with Gasteiger partial charge in [-0.3, -0.25) is 4.68 Å². The Morgan fingerprint density at radius 1 is 1.32 bits per heavy atom. The predicted molar refractivity (Wildman–Crippen MR) is 121 cm³/mol. The van der Waals surface area contributed by atoms with Gasteiger partial charge in [0.25, 0.3) is 0 Å². The molecule has 0 saturated heterocycles. The Morgan fingerprint density at radius 3 is 2.61 bits per heavy atom. The molecule has 2 rings (SSSR count). The van der Waals surface area contributed by atoms with E-state index in [1.165, 1.54) is 0 Å². The largest absolute Gasteiger partial charge is 0.383 e. The van der Waals surface area contributed by atoms with Crippen molar-refractivity contribution in [3.63, 3.8) is 0 Å². The summed E-state index contributed by atoms with van der Waals surface area (Å²) in [4.78, 5) is 4.54. The minimum Gasteiger partial charge on any atom is -0.383 e. The van der Waals surface area contributed by atoms with Crippen LogP contribution in [0.5, 0.6) is 0 Å². The number of aliphatic imine (C=N–C) groups is 1. The molecule has 2 aromatic rings. The summed E-state index contributed by atoms with van der Waals surface area (Å²) in [5, 5.41) is 25.3. The molecule has 0 aliphatic rings. The van der Waals surface area contributed by atoms with Crippen LogP contribution in [0.3, 0.4) is 0 Å². The predicted octanol–water partition coefficient (Wildman–Crippen LogP) is 2.89. The van der Waals surface area contributed by atoms with E-state index in [1.807, 2.05) is 20.0 Å². The first-order chi connectivity index (χ1) is 12.9. The van der Waals surface area contributed by atoms with E-state index in [0.717, 1.165) is 36.4 Å². The van der Waals surface area contributed by atoms with E-state index >= 15 is 0 Å². The van der Waals surface area contributed by atoms with Crippen LogP contribution in [-0.4, -0.2) is 39.1 Å². The third-order valence-electron chi connectivity index (χ3n) is 4.65. The molecule has 0 saturated carbocycles. The number of nitrogens with zero attached hydrogens (tertiary/aromatic N) is 4. The van der Waals surface area contributed by atoms with Crippen LogP contribution >= 0.6 is 24.0 Å². The summed E-state index contributed by atoms with van der Waals surface area (Å²) >= 11 is 0. The van der Waals surface area contributed by atoms with Gasteiger partial charge in [0, 0.05) is 37.3 Å². The van der Waals surface area contributed by atoms with E-state index in [0.29, 0.717) is 25.0 Å². The number of nitrogens with one attached hydrogen (secondary N) is 2. The second-order valence-electron chi connectivity index (χ2n) is 6.96. The summed E-state index contributed by atoms with van der Waals surface area (Å²) in [6.07, 6.45) is 5.55. The highest BCUT2D eigenvalue weighted by molar-refractivity contribution is 14.0. The first-order valence-electron chi connectivity index (χ1n) is 9.58. The van der Waals surface area contributed by atoms with Crippen molar-refractivity contribution >= 4 is 29.9 Å². The third kappa shape index (κ3) is 6.77. The summed E-state index contributed by atoms with van der Waals surface area (Å²) < 4.78 is 7.09. The molecule has 0 bridgehead atoms. The van der Waals surface area contributed by atoms with E-state index in [2.05, 4.69) is 39.7 Å². The summed E-state index contributed by atoms with van der Waals surface area (Å²) in [7, 11) is 1.83. The van der Waals surface area contributed by atoms with Crippen molar-refractivity contribution in [2.24, 2.45) is 12.0 Å². The van der Waals surface area contributed by atoms with Crippen LogP contribution in [-0.2, 0) is 19.2 Å². The Kier molecular flexibility index (Phi) is 9.94. The molecule has 0 fully saturated rings. The molecule has 28 heavy (non-hydrogen) atoms. The fourth-order valence-corrected chi connectivity index (χ4v) is 2.86. The first kappa shape index (κ1) is 24.4. The number of halogens is 1. The van der Waals surface area contributed by atoms with Crippen LogP contribution in [0.15, 0.2) is 28.0 Å². The number of guanidine groups is 1. The second kappa shape index (κ2) is 11.4. The molecule has 9 heteroatoms. The minimum atomic E-state index is -1.06. The van der Waals surface area contributed by atoms with Crippen LogP contribution in [0.25, 0.3) is 0 Å². The fraction of sp³-hybridized carbons (Fsp3) is 0.632. The van der Waals surface area contributed by atoms with Crippen molar-refractivity contribution in [1.82, 2.24) is 25.6 Å². The molecule has 158 valence electrons. The zero-order valence-corrected chi connectivity index (χ0v) is 19.7. The van der Waals surface area contributed by atoms with Crippen molar-refractivity contribution in [1.29, 1.82) is 0 Å². The Bertz CT molecular complexity index is 736. The molecule has 0 aliphatic carbocycles. The smallest absolute Gasteiger partial charge is 0.191 e. The van der Waals surface area contributed by atoms with Gasteiger partial charge in [-0.2, -0.15) is 5.10 Å². The highest BCUT2D eigenvalue weighted by atomic mass is 127. The number of rotatable bonds is 9. The molecule has 0 aliphatic heterocycles. The molecule has 0 spiro atoms. The molecule has 2 aromatic heterocycles. The molecular formula is C19H33IN6O2. The zero-order chi connectivity index (χ0) is 19.9. The molecule has 2 heterocycles. The quantitative estimate of drug-likeness (QED) is 0.276. The van der Waals surface area contributed by atoms with Gasteiger partial charge in [0.15, 0.2) is 11.7 Å². The molecule has 3 N–H and O–H groups in total. The molecule has 1 atom stereocenters. The third-order valence-corrected chi connectivity index (χ3v) is 4.65. The van der Waals surface area contributed by atoms with Crippen molar-refractivity contribution in [3.05, 3.63) is 35.5 Å². The van der Waals surface area contributed by atoms with Gasteiger partial charge in [0.2, 0.25) is 0 Å². The van der Waals surface area contributed by atoms with E-state index in [-0.39, 0.29) is 24.0 Å². The maximum atomic E-state index is 10.7. The second-order valence-corrected chi connectivity index (χ2v) is 6.96. The SMILES string of the molecule is CCNC(=NCc1cc(C(CC)CC)no1)NCC(C)(O)c1cnn(C)c1.I. The van der Waals surface area contributed by atoms with E-state index in [9.17, 15) is 5.11 Å². The number of aromatic nitrogens is 3. The summed E-state index contributed by atoms with van der Waals surface area (Å²) in [6, 6.07) is 1.98. The molecule has 0 radical (unpaired) electrons. The molecule has 0 amide bonds. The fourth-order valence-electron chi connectivity index (χ4n) is 2.86. The molecule has 0 aromatic carbocycles. The lowest BCUT2D eigenvalue weighted by molar-refractivity contribution is 0.0616. The van der Waals surface area contributed by atoms with Crippen molar-refractivity contribution < 1.29 is 9.63 Å². The number of hydrogen-bond acceptors (Lipinski definition) is 5. The van der Waals surface area contributed by atoms with E-state index in [1.54, 1.807) is 24.0 Å². The topological polar surface area (TPSA) is 100 Å². The lowest BCUT2D eigenvalue weighted by atomic mass is 9.99. The van der Waals surface area contributed by atoms with Gasteiger partial charge in [0.1, 0.15) is 12.1 Å². The maximum Gasteiger partial charge on any atom is 0.191 e. The van der Waals surface area contributed by atoms with Gasteiger partial charge in [-0.05, 0) is 26.7 Å². The molecule has 1 unspecified atom stereocenters. The van der Waals surface area contributed by atoms with Crippen LogP contribution in [0.1, 0.15) is 63.5 Å². The van der Waals surface area contributed by atoms with Gasteiger partial charge in [0.05, 0.1) is 18.4 Å². The van der Waals surface area contributed by atoms with E-state index in [4.69, 9.17) is 4.52 Å². The average molecular weight is 504 g/mol. The lowest BCUT2D eigenvalue weighted by Gasteiger charge is -2.23. The van der Waals surface area contributed by atoms with Gasteiger partial charge < -0.3 is 20.3 Å². The molecular weight excluding hydrogens is 471 g/mol. The van der Waals surface area contributed by atoms with Gasteiger partial charge >= 0.3 is 0 Å². The highest BCUT2D eigenvalue weighted by Crippen LogP contribution is 2.22. The van der Waals surface area contributed by atoms with Gasteiger partial charge in [-0.25, -0.2) is 4.99 Å². The summed E-state index contributed by atoms with van der Waals surface area (Å²) in [5.74, 6) is 1.77. The number of aryl methyl sites for hydroxylation is 1. The Morgan fingerprint density at radius 2 is 2.04 bits per heavy atom. The van der Waals surface area contributed by atoms with Crippen molar-refractivity contribution in [2.45, 2.75) is 58.6 Å². The van der Waals surface area contributed by atoms with Crippen molar-refractivity contribution in [3.8, 4) is 0 Å². The van der Waals surface area contributed by atoms with Crippen LogP contribution < -0.4 is 10.6 Å².